The lowest BCUT2D eigenvalue weighted by Crippen LogP contribution is -2.22. The van der Waals surface area contributed by atoms with Crippen LogP contribution in [-0.4, -0.2) is 38.9 Å². The number of carboxylic acid groups (broad SMARTS) is 1. The summed E-state index contributed by atoms with van der Waals surface area (Å²) in [5.41, 5.74) is 2.51. The Morgan fingerprint density at radius 2 is 2.04 bits per heavy atom. The highest BCUT2D eigenvalue weighted by Crippen LogP contribution is 2.33. The molecule has 0 unspecified atom stereocenters. The standard InChI is InChI=1S/C19H19ClN4O2S/c1-4-6-23(7-5-2)19-21-17-13(9-14(20)10-16(17)27-19)11-24-12(3)8-15(22-24)18(25)26/h4-5,8-10H,1-2,6-7,11H2,3H3,(H,25,26). The molecule has 2 aromatic heterocycles. The predicted octanol–water partition coefficient (Wildman–Crippen LogP) is 4.38. The molecule has 3 aromatic rings. The minimum atomic E-state index is -1.05. The maximum Gasteiger partial charge on any atom is 0.356 e. The van der Waals surface area contributed by atoms with Crippen LogP contribution in [0.3, 0.4) is 0 Å². The minimum absolute atomic E-state index is 0.0212. The molecule has 1 aromatic carbocycles. The summed E-state index contributed by atoms with van der Waals surface area (Å²) in [6.45, 7) is 11.1. The number of benzene rings is 1. The molecule has 0 atom stereocenters. The molecule has 0 radical (unpaired) electrons. The number of carboxylic acids is 1. The third-order valence-electron chi connectivity index (χ3n) is 4.02. The lowest BCUT2D eigenvalue weighted by atomic mass is 10.2. The van der Waals surface area contributed by atoms with Crippen molar-refractivity contribution in [3.8, 4) is 0 Å². The molecule has 2 heterocycles. The smallest absolute Gasteiger partial charge is 0.356 e. The number of halogens is 1. The molecular weight excluding hydrogens is 384 g/mol. The van der Waals surface area contributed by atoms with Gasteiger partial charge >= 0.3 is 5.97 Å². The molecule has 0 aliphatic carbocycles. The number of fused-ring (bicyclic) bond motifs is 1. The summed E-state index contributed by atoms with van der Waals surface area (Å²) in [6.07, 6.45) is 3.65. The van der Waals surface area contributed by atoms with E-state index in [-0.39, 0.29) is 5.69 Å². The lowest BCUT2D eigenvalue weighted by Gasteiger charge is -2.17. The molecule has 0 amide bonds. The van der Waals surface area contributed by atoms with E-state index in [1.54, 1.807) is 22.1 Å². The van der Waals surface area contributed by atoms with Crippen molar-refractivity contribution in [2.45, 2.75) is 13.5 Å². The zero-order valence-electron chi connectivity index (χ0n) is 14.9. The summed E-state index contributed by atoms with van der Waals surface area (Å²) in [7, 11) is 0. The second-order valence-electron chi connectivity index (χ2n) is 6.02. The highest BCUT2D eigenvalue weighted by atomic mass is 35.5. The van der Waals surface area contributed by atoms with E-state index in [9.17, 15) is 4.79 Å². The number of aromatic carboxylic acids is 1. The van der Waals surface area contributed by atoms with Crippen molar-refractivity contribution in [2.75, 3.05) is 18.0 Å². The Hall–Kier alpha value is -2.64. The van der Waals surface area contributed by atoms with Crippen molar-refractivity contribution in [3.05, 3.63) is 65.5 Å². The van der Waals surface area contributed by atoms with Crippen LogP contribution in [0.25, 0.3) is 10.2 Å². The Morgan fingerprint density at radius 3 is 2.63 bits per heavy atom. The highest BCUT2D eigenvalue weighted by Gasteiger charge is 2.16. The fourth-order valence-electron chi connectivity index (χ4n) is 2.78. The molecule has 140 valence electrons. The van der Waals surface area contributed by atoms with Gasteiger partial charge in [-0.2, -0.15) is 5.10 Å². The van der Waals surface area contributed by atoms with Crippen LogP contribution in [-0.2, 0) is 6.54 Å². The van der Waals surface area contributed by atoms with Crippen LogP contribution < -0.4 is 4.90 Å². The number of aromatic nitrogens is 3. The van der Waals surface area contributed by atoms with Gasteiger partial charge in [0.15, 0.2) is 10.8 Å². The van der Waals surface area contributed by atoms with E-state index in [0.717, 1.165) is 26.6 Å². The van der Waals surface area contributed by atoms with Crippen molar-refractivity contribution < 1.29 is 9.90 Å². The molecule has 0 aliphatic rings. The zero-order valence-corrected chi connectivity index (χ0v) is 16.4. The molecule has 1 N–H and O–H groups in total. The molecule has 6 nitrogen and oxygen atoms in total. The van der Waals surface area contributed by atoms with Gasteiger partial charge in [0, 0.05) is 29.4 Å². The molecule has 8 heteroatoms. The van der Waals surface area contributed by atoms with Gasteiger partial charge in [0.05, 0.1) is 16.8 Å². The van der Waals surface area contributed by atoms with Crippen LogP contribution in [0, 0.1) is 6.92 Å². The first-order valence-corrected chi connectivity index (χ1v) is 9.45. The number of nitrogens with zero attached hydrogens (tertiary/aromatic N) is 4. The van der Waals surface area contributed by atoms with E-state index in [4.69, 9.17) is 21.7 Å². The second-order valence-corrected chi connectivity index (χ2v) is 7.47. The van der Waals surface area contributed by atoms with Gasteiger partial charge in [-0.1, -0.05) is 35.1 Å². The maximum atomic E-state index is 11.2. The maximum absolute atomic E-state index is 11.2. The van der Waals surface area contributed by atoms with E-state index >= 15 is 0 Å². The van der Waals surface area contributed by atoms with Gasteiger partial charge < -0.3 is 10.0 Å². The Bertz CT molecular complexity index is 1010. The molecule has 27 heavy (non-hydrogen) atoms. The van der Waals surface area contributed by atoms with E-state index in [2.05, 4.69) is 23.2 Å². The second kappa shape index (κ2) is 7.94. The first-order valence-electron chi connectivity index (χ1n) is 8.26. The normalized spacial score (nSPS) is 10.9. The van der Waals surface area contributed by atoms with E-state index in [1.807, 2.05) is 31.2 Å². The number of hydrogen-bond donors (Lipinski definition) is 1. The fourth-order valence-corrected chi connectivity index (χ4v) is 4.16. The zero-order chi connectivity index (χ0) is 19.6. The van der Waals surface area contributed by atoms with Gasteiger partial charge in [-0.3, -0.25) is 4.68 Å². The molecule has 0 fully saturated rings. The van der Waals surface area contributed by atoms with Crippen LogP contribution in [0.15, 0.2) is 43.5 Å². The van der Waals surface area contributed by atoms with Gasteiger partial charge in [-0.25, -0.2) is 9.78 Å². The van der Waals surface area contributed by atoms with Crippen LogP contribution in [0.5, 0.6) is 0 Å². The van der Waals surface area contributed by atoms with Crippen molar-refractivity contribution in [1.29, 1.82) is 0 Å². The molecular formula is C19H19ClN4O2S. The number of carbonyl (C=O) groups is 1. The van der Waals surface area contributed by atoms with Crippen molar-refractivity contribution in [2.24, 2.45) is 0 Å². The van der Waals surface area contributed by atoms with Gasteiger partial charge in [0.2, 0.25) is 0 Å². The molecule has 0 aliphatic heterocycles. The van der Waals surface area contributed by atoms with Crippen LogP contribution in [0.4, 0.5) is 5.13 Å². The Kier molecular flexibility index (Phi) is 5.62. The van der Waals surface area contributed by atoms with Crippen molar-refractivity contribution in [1.82, 2.24) is 14.8 Å². The average Bonchev–Trinajstić information content (AvgIpc) is 3.19. The minimum Gasteiger partial charge on any atom is -0.476 e. The quantitative estimate of drug-likeness (QED) is 0.566. The molecule has 0 saturated heterocycles. The van der Waals surface area contributed by atoms with Crippen molar-refractivity contribution >= 4 is 44.3 Å². The summed E-state index contributed by atoms with van der Waals surface area (Å²) in [5, 5.41) is 14.8. The molecule has 0 bridgehead atoms. The Balaban J connectivity index is 2.03. The summed E-state index contributed by atoms with van der Waals surface area (Å²) >= 11 is 7.86. The number of hydrogen-bond acceptors (Lipinski definition) is 5. The van der Waals surface area contributed by atoms with Crippen LogP contribution in [0.2, 0.25) is 5.02 Å². The topological polar surface area (TPSA) is 71.2 Å². The monoisotopic (exact) mass is 402 g/mol. The molecule has 3 rings (SSSR count). The number of thiazole rings is 1. The largest absolute Gasteiger partial charge is 0.476 e. The van der Waals surface area contributed by atoms with Crippen molar-refractivity contribution in [3.63, 3.8) is 0 Å². The van der Waals surface area contributed by atoms with E-state index < -0.39 is 5.97 Å². The van der Waals surface area contributed by atoms with Crippen LogP contribution >= 0.6 is 22.9 Å². The van der Waals surface area contributed by atoms with Gasteiger partial charge in [0.25, 0.3) is 0 Å². The first kappa shape index (κ1) is 19.1. The first-order chi connectivity index (χ1) is 12.9. The molecule has 0 spiro atoms. The summed E-state index contributed by atoms with van der Waals surface area (Å²) in [4.78, 5) is 18.0. The number of anilines is 1. The molecule has 0 saturated carbocycles. The van der Waals surface area contributed by atoms with Gasteiger partial charge in [0.1, 0.15) is 0 Å². The summed E-state index contributed by atoms with van der Waals surface area (Å²) in [6, 6.07) is 5.28. The predicted molar refractivity (Wildman–Crippen MR) is 110 cm³/mol. The van der Waals surface area contributed by atoms with Gasteiger partial charge in [-0.15, -0.1) is 13.2 Å². The third kappa shape index (κ3) is 4.04. The fraction of sp³-hybridized carbons (Fsp3) is 0.211. The number of aryl methyl sites for hydroxylation is 1. The Labute approximate surface area is 166 Å². The number of rotatable bonds is 8. The third-order valence-corrected chi connectivity index (χ3v) is 5.30. The van der Waals surface area contributed by atoms with E-state index in [0.29, 0.717) is 24.7 Å². The highest BCUT2D eigenvalue weighted by molar-refractivity contribution is 7.22. The van der Waals surface area contributed by atoms with E-state index in [1.165, 1.54) is 0 Å². The lowest BCUT2D eigenvalue weighted by molar-refractivity contribution is 0.0689. The average molecular weight is 403 g/mol. The Morgan fingerprint density at radius 1 is 1.33 bits per heavy atom. The summed E-state index contributed by atoms with van der Waals surface area (Å²) in [5.74, 6) is -1.05. The van der Waals surface area contributed by atoms with Gasteiger partial charge in [-0.05, 0) is 25.1 Å². The summed E-state index contributed by atoms with van der Waals surface area (Å²) < 4.78 is 2.62. The van der Waals surface area contributed by atoms with Crippen LogP contribution in [0.1, 0.15) is 21.7 Å². The SMILES string of the molecule is C=CCN(CC=C)c1nc2c(Cn3nc(C(=O)O)cc3C)cc(Cl)cc2s1.